The standard InChI is InChI=1S/C27H26O10S/c1-33-27-24(36-26(30)19-13-7-3-8-14-19)23(35-25(29)18-11-5-2-6-12-18)22(21(17-28)34-27)37-38(31,32)20-15-9-4-10-16-20/h2-16,21-24,27-28H,17H2,1H3/t21-,22-,23+,24-,27+/m1/s1. The molecule has 0 aliphatic carbocycles. The monoisotopic (exact) mass is 542 g/mol. The van der Waals surface area contributed by atoms with Gasteiger partial charge >= 0.3 is 11.9 Å². The van der Waals surface area contributed by atoms with E-state index in [4.69, 9.17) is 23.1 Å². The van der Waals surface area contributed by atoms with Crippen molar-refractivity contribution in [3.8, 4) is 0 Å². The van der Waals surface area contributed by atoms with Crippen molar-refractivity contribution in [2.24, 2.45) is 0 Å². The van der Waals surface area contributed by atoms with Crippen LogP contribution in [0.3, 0.4) is 0 Å². The molecule has 1 heterocycles. The molecule has 3 aromatic carbocycles. The van der Waals surface area contributed by atoms with Crippen molar-refractivity contribution < 1.29 is 46.2 Å². The fourth-order valence-corrected chi connectivity index (χ4v) is 5.04. The van der Waals surface area contributed by atoms with Gasteiger partial charge in [0, 0.05) is 7.11 Å². The van der Waals surface area contributed by atoms with Gasteiger partial charge in [-0.3, -0.25) is 4.18 Å². The lowest BCUT2D eigenvalue weighted by Gasteiger charge is -2.43. The molecule has 0 aromatic heterocycles. The molecule has 1 N–H and O–H groups in total. The van der Waals surface area contributed by atoms with Crippen LogP contribution < -0.4 is 0 Å². The lowest BCUT2D eigenvalue weighted by atomic mass is 9.98. The van der Waals surface area contributed by atoms with E-state index < -0.39 is 59.4 Å². The second-order valence-corrected chi connectivity index (χ2v) is 9.83. The summed E-state index contributed by atoms with van der Waals surface area (Å²) in [4.78, 5) is 25.9. The van der Waals surface area contributed by atoms with E-state index in [9.17, 15) is 23.1 Å². The highest BCUT2D eigenvalue weighted by Gasteiger charge is 2.53. The molecule has 1 aliphatic heterocycles. The molecule has 0 saturated carbocycles. The van der Waals surface area contributed by atoms with E-state index in [0.29, 0.717) is 0 Å². The minimum absolute atomic E-state index is 0.159. The Morgan fingerprint density at radius 1 is 0.763 bits per heavy atom. The molecular formula is C27H26O10S. The Labute approximate surface area is 219 Å². The van der Waals surface area contributed by atoms with Crippen LogP contribution in [0.4, 0.5) is 0 Å². The quantitative estimate of drug-likeness (QED) is 0.318. The summed E-state index contributed by atoms with van der Waals surface area (Å²) >= 11 is 0. The third-order valence-corrected chi connectivity index (χ3v) is 7.10. The van der Waals surface area contributed by atoms with Gasteiger partial charge in [-0.05, 0) is 36.4 Å². The van der Waals surface area contributed by atoms with Crippen molar-refractivity contribution >= 4 is 22.1 Å². The first-order valence-electron chi connectivity index (χ1n) is 11.6. The van der Waals surface area contributed by atoms with E-state index in [1.165, 1.54) is 55.6 Å². The molecule has 200 valence electrons. The Morgan fingerprint density at radius 2 is 1.24 bits per heavy atom. The zero-order valence-electron chi connectivity index (χ0n) is 20.3. The van der Waals surface area contributed by atoms with Gasteiger partial charge in [0.15, 0.2) is 18.5 Å². The highest BCUT2D eigenvalue weighted by atomic mass is 32.2. The molecule has 3 aromatic rings. The number of hydrogen-bond acceptors (Lipinski definition) is 10. The topological polar surface area (TPSA) is 135 Å². The molecule has 38 heavy (non-hydrogen) atoms. The minimum atomic E-state index is -4.43. The van der Waals surface area contributed by atoms with Crippen LogP contribution in [-0.2, 0) is 33.2 Å². The summed E-state index contributed by atoms with van der Waals surface area (Å²) in [5.74, 6) is -1.63. The first-order chi connectivity index (χ1) is 18.3. The van der Waals surface area contributed by atoms with Crippen LogP contribution in [0, 0.1) is 0 Å². The molecule has 11 heteroatoms. The maximum Gasteiger partial charge on any atom is 0.338 e. The van der Waals surface area contributed by atoms with Crippen molar-refractivity contribution in [2.75, 3.05) is 13.7 Å². The van der Waals surface area contributed by atoms with Crippen LogP contribution in [0.15, 0.2) is 95.9 Å². The van der Waals surface area contributed by atoms with Crippen LogP contribution in [-0.4, -0.2) is 69.9 Å². The lowest BCUT2D eigenvalue weighted by molar-refractivity contribution is -0.288. The average Bonchev–Trinajstić information content (AvgIpc) is 2.96. The summed E-state index contributed by atoms with van der Waals surface area (Å²) in [6.45, 7) is -0.715. The van der Waals surface area contributed by atoms with Crippen LogP contribution in [0.25, 0.3) is 0 Å². The van der Waals surface area contributed by atoms with Gasteiger partial charge in [0.05, 0.1) is 22.6 Å². The minimum Gasteiger partial charge on any atom is -0.452 e. The zero-order valence-corrected chi connectivity index (χ0v) is 21.1. The van der Waals surface area contributed by atoms with E-state index in [1.54, 1.807) is 42.5 Å². The Hall–Kier alpha value is -3.61. The molecule has 5 atom stereocenters. The van der Waals surface area contributed by atoms with Crippen molar-refractivity contribution in [3.63, 3.8) is 0 Å². The molecule has 0 amide bonds. The van der Waals surface area contributed by atoms with Gasteiger partial charge in [0.1, 0.15) is 12.2 Å². The number of benzene rings is 3. The number of esters is 2. The van der Waals surface area contributed by atoms with Gasteiger partial charge in [-0.1, -0.05) is 54.6 Å². The van der Waals surface area contributed by atoms with E-state index in [2.05, 4.69) is 0 Å². The van der Waals surface area contributed by atoms with Crippen molar-refractivity contribution in [1.82, 2.24) is 0 Å². The SMILES string of the molecule is CO[C@H]1O[C@H](CO)[C@@H](OS(=O)(=O)c2ccccc2)[C@H](OC(=O)c2ccccc2)[C@H]1OC(=O)c1ccccc1. The highest BCUT2D eigenvalue weighted by Crippen LogP contribution is 2.32. The number of rotatable bonds is 9. The Bertz CT molecular complexity index is 1320. The maximum atomic E-state index is 13.1. The average molecular weight is 543 g/mol. The molecule has 1 aliphatic rings. The van der Waals surface area contributed by atoms with Crippen LogP contribution in [0.5, 0.6) is 0 Å². The lowest BCUT2D eigenvalue weighted by Crippen LogP contribution is -2.62. The summed E-state index contributed by atoms with van der Waals surface area (Å²) in [5, 5.41) is 10.1. The third kappa shape index (κ3) is 6.26. The van der Waals surface area contributed by atoms with Crippen LogP contribution in [0.2, 0.25) is 0 Å². The summed E-state index contributed by atoms with van der Waals surface area (Å²) in [7, 11) is -3.16. The second kappa shape index (κ2) is 12.3. The summed E-state index contributed by atoms with van der Waals surface area (Å²) in [5.41, 5.74) is 0.348. The number of hydrogen-bond donors (Lipinski definition) is 1. The normalized spacial score (nSPS) is 23.4. The Balaban J connectivity index is 1.73. The molecule has 0 unspecified atom stereocenters. The van der Waals surface area contributed by atoms with Crippen molar-refractivity contribution in [2.45, 2.75) is 35.6 Å². The molecule has 10 nitrogen and oxygen atoms in total. The number of carbonyl (C=O) groups excluding carboxylic acids is 2. The fraction of sp³-hybridized carbons (Fsp3) is 0.259. The van der Waals surface area contributed by atoms with Gasteiger partial charge in [-0.2, -0.15) is 8.42 Å². The molecule has 0 spiro atoms. The van der Waals surface area contributed by atoms with E-state index >= 15 is 0 Å². The van der Waals surface area contributed by atoms with E-state index in [-0.39, 0.29) is 16.0 Å². The Morgan fingerprint density at radius 3 is 1.71 bits per heavy atom. The molecule has 1 saturated heterocycles. The summed E-state index contributed by atoms with van der Waals surface area (Å²) in [6, 6.07) is 23.3. The van der Waals surface area contributed by atoms with Gasteiger partial charge in [-0.25, -0.2) is 9.59 Å². The largest absolute Gasteiger partial charge is 0.452 e. The van der Waals surface area contributed by atoms with Gasteiger partial charge in [-0.15, -0.1) is 0 Å². The molecular weight excluding hydrogens is 516 g/mol. The van der Waals surface area contributed by atoms with Crippen LogP contribution >= 0.6 is 0 Å². The fourth-order valence-electron chi connectivity index (χ4n) is 3.91. The van der Waals surface area contributed by atoms with Gasteiger partial charge in [0.2, 0.25) is 0 Å². The number of methoxy groups -OCH3 is 1. The number of aliphatic hydroxyl groups excluding tert-OH is 1. The number of aliphatic hydroxyl groups is 1. The van der Waals surface area contributed by atoms with Crippen molar-refractivity contribution in [1.29, 1.82) is 0 Å². The predicted molar refractivity (Wildman–Crippen MR) is 133 cm³/mol. The third-order valence-electron chi connectivity index (χ3n) is 5.78. The summed E-state index contributed by atoms with van der Waals surface area (Å²) in [6.07, 6.45) is -7.26. The molecule has 0 bridgehead atoms. The highest BCUT2D eigenvalue weighted by molar-refractivity contribution is 7.86. The first kappa shape index (κ1) is 27.4. The van der Waals surface area contributed by atoms with Crippen molar-refractivity contribution in [3.05, 3.63) is 102 Å². The summed E-state index contributed by atoms with van der Waals surface area (Å²) < 4.78 is 54.2. The molecule has 4 rings (SSSR count). The smallest absolute Gasteiger partial charge is 0.338 e. The Kier molecular flexibility index (Phi) is 8.87. The van der Waals surface area contributed by atoms with Gasteiger partial charge < -0.3 is 24.1 Å². The molecule has 0 radical (unpaired) electrons. The number of carbonyl (C=O) groups is 2. The molecule has 1 fully saturated rings. The first-order valence-corrected chi connectivity index (χ1v) is 13.0. The predicted octanol–water partition coefficient (Wildman–Crippen LogP) is 2.58. The second-order valence-electron chi connectivity index (χ2n) is 8.26. The van der Waals surface area contributed by atoms with E-state index in [0.717, 1.165) is 0 Å². The van der Waals surface area contributed by atoms with E-state index in [1.807, 2.05) is 0 Å². The maximum absolute atomic E-state index is 13.1. The number of ether oxygens (including phenoxy) is 4. The zero-order chi connectivity index (χ0) is 27.1. The van der Waals surface area contributed by atoms with Gasteiger partial charge in [0.25, 0.3) is 10.1 Å². The van der Waals surface area contributed by atoms with Crippen LogP contribution in [0.1, 0.15) is 20.7 Å².